The van der Waals surface area contributed by atoms with E-state index in [0.29, 0.717) is 50.7 Å². The zero-order chi connectivity index (χ0) is 17.4. The second-order valence-corrected chi connectivity index (χ2v) is 5.68. The predicted octanol–water partition coefficient (Wildman–Crippen LogP) is 1.93. The lowest BCUT2D eigenvalue weighted by Crippen LogP contribution is -2.51. The van der Waals surface area contributed by atoms with Crippen LogP contribution >= 0.6 is 0 Å². The average molecular weight is 334 g/mol. The lowest BCUT2D eigenvalue weighted by molar-refractivity contribution is -0.140. The van der Waals surface area contributed by atoms with Gasteiger partial charge in [-0.3, -0.25) is 9.59 Å². The number of piperazine rings is 1. The van der Waals surface area contributed by atoms with Crippen LogP contribution in [0.15, 0.2) is 24.3 Å². The first-order valence-electron chi connectivity index (χ1n) is 8.55. The van der Waals surface area contributed by atoms with E-state index in [-0.39, 0.29) is 18.4 Å². The van der Waals surface area contributed by atoms with Crippen molar-refractivity contribution >= 4 is 11.8 Å². The monoisotopic (exact) mass is 334 g/mol. The van der Waals surface area contributed by atoms with Crippen LogP contribution in [-0.4, -0.2) is 61.0 Å². The normalized spacial score (nSPS) is 14.4. The third-order valence-electron chi connectivity index (χ3n) is 3.95. The lowest BCUT2D eigenvalue weighted by Gasteiger charge is -2.34. The summed E-state index contributed by atoms with van der Waals surface area (Å²) in [5.74, 6) is 1.32. The van der Waals surface area contributed by atoms with Crippen LogP contribution < -0.4 is 9.47 Å². The highest BCUT2D eigenvalue weighted by atomic mass is 16.5. The molecule has 132 valence electrons. The summed E-state index contributed by atoms with van der Waals surface area (Å²) >= 11 is 0. The smallest absolute Gasteiger partial charge is 0.260 e. The fourth-order valence-electron chi connectivity index (χ4n) is 2.65. The molecule has 0 aromatic heterocycles. The number of rotatable bonds is 7. The second-order valence-electron chi connectivity index (χ2n) is 5.68. The van der Waals surface area contributed by atoms with Gasteiger partial charge in [0.25, 0.3) is 5.91 Å². The lowest BCUT2D eigenvalue weighted by atomic mass is 10.2. The second kappa shape index (κ2) is 9.15. The molecule has 0 aliphatic carbocycles. The van der Waals surface area contributed by atoms with Crippen molar-refractivity contribution in [3.8, 4) is 11.5 Å². The van der Waals surface area contributed by atoms with Crippen molar-refractivity contribution < 1.29 is 19.1 Å². The first-order valence-corrected chi connectivity index (χ1v) is 8.55. The van der Waals surface area contributed by atoms with E-state index in [2.05, 4.69) is 0 Å². The molecule has 0 unspecified atom stereocenters. The molecule has 24 heavy (non-hydrogen) atoms. The van der Waals surface area contributed by atoms with Gasteiger partial charge in [0.15, 0.2) is 18.1 Å². The van der Waals surface area contributed by atoms with E-state index in [1.54, 1.807) is 11.0 Å². The number of hydrogen-bond donors (Lipinski definition) is 0. The first kappa shape index (κ1) is 18.1. The zero-order valence-electron chi connectivity index (χ0n) is 14.5. The third kappa shape index (κ3) is 4.88. The van der Waals surface area contributed by atoms with Crippen molar-refractivity contribution in [2.24, 2.45) is 0 Å². The Morgan fingerprint density at radius 1 is 0.917 bits per heavy atom. The Bertz CT molecular complexity index is 554. The van der Waals surface area contributed by atoms with Gasteiger partial charge in [0, 0.05) is 32.6 Å². The Balaban J connectivity index is 1.81. The summed E-state index contributed by atoms with van der Waals surface area (Å²) in [6.07, 6.45) is 1.43. The molecular weight excluding hydrogens is 308 g/mol. The molecule has 2 amide bonds. The van der Waals surface area contributed by atoms with Crippen molar-refractivity contribution in [1.29, 1.82) is 0 Å². The van der Waals surface area contributed by atoms with Crippen LogP contribution in [0.5, 0.6) is 11.5 Å². The maximum absolute atomic E-state index is 12.3. The SMILES string of the molecule is CCCC(=O)N1CCN(C(=O)COc2ccccc2OCC)CC1. The fourth-order valence-corrected chi connectivity index (χ4v) is 2.65. The molecule has 6 nitrogen and oxygen atoms in total. The molecule has 2 rings (SSSR count). The van der Waals surface area contributed by atoms with Gasteiger partial charge in [-0.15, -0.1) is 0 Å². The maximum atomic E-state index is 12.3. The molecule has 0 saturated carbocycles. The summed E-state index contributed by atoms with van der Waals surface area (Å²) in [7, 11) is 0. The summed E-state index contributed by atoms with van der Waals surface area (Å²) in [5, 5.41) is 0. The number of ether oxygens (including phenoxy) is 2. The molecule has 0 radical (unpaired) electrons. The summed E-state index contributed by atoms with van der Waals surface area (Å²) in [6, 6.07) is 7.33. The Morgan fingerprint density at radius 2 is 1.46 bits per heavy atom. The largest absolute Gasteiger partial charge is 0.490 e. The molecule has 1 heterocycles. The molecule has 0 atom stereocenters. The number of hydrogen-bond acceptors (Lipinski definition) is 4. The number of para-hydroxylation sites is 2. The maximum Gasteiger partial charge on any atom is 0.260 e. The molecule has 1 aromatic carbocycles. The molecule has 1 aliphatic heterocycles. The quantitative estimate of drug-likeness (QED) is 0.764. The van der Waals surface area contributed by atoms with Crippen LogP contribution in [0.3, 0.4) is 0 Å². The van der Waals surface area contributed by atoms with Gasteiger partial charge in [0.2, 0.25) is 5.91 Å². The minimum absolute atomic E-state index is 0.0208. The molecule has 6 heteroatoms. The van der Waals surface area contributed by atoms with Crippen molar-refractivity contribution in [3.63, 3.8) is 0 Å². The van der Waals surface area contributed by atoms with Gasteiger partial charge in [0.1, 0.15) is 0 Å². The van der Waals surface area contributed by atoms with E-state index in [1.807, 2.05) is 36.9 Å². The van der Waals surface area contributed by atoms with E-state index in [4.69, 9.17) is 9.47 Å². The minimum Gasteiger partial charge on any atom is -0.490 e. The zero-order valence-corrected chi connectivity index (χ0v) is 14.5. The number of carbonyl (C=O) groups is 2. The third-order valence-corrected chi connectivity index (χ3v) is 3.95. The molecule has 1 fully saturated rings. The van der Waals surface area contributed by atoms with Gasteiger partial charge in [-0.05, 0) is 25.5 Å². The van der Waals surface area contributed by atoms with Crippen LogP contribution in [0.4, 0.5) is 0 Å². The van der Waals surface area contributed by atoms with Crippen LogP contribution in [-0.2, 0) is 9.59 Å². The summed E-state index contributed by atoms with van der Waals surface area (Å²) in [5.41, 5.74) is 0. The predicted molar refractivity (Wildman–Crippen MR) is 91.2 cm³/mol. The van der Waals surface area contributed by atoms with Crippen LogP contribution in [0.25, 0.3) is 0 Å². The molecule has 1 saturated heterocycles. The summed E-state index contributed by atoms with van der Waals surface area (Å²) in [6.45, 7) is 6.74. The van der Waals surface area contributed by atoms with E-state index < -0.39 is 0 Å². The summed E-state index contributed by atoms with van der Waals surface area (Å²) in [4.78, 5) is 27.7. The first-order chi connectivity index (χ1) is 11.7. The van der Waals surface area contributed by atoms with Crippen molar-refractivity contribution in [3.05, 3.63) is 24.3 Å². The van der Waals surface area contributed by atoms with Gasteiger partial charge < -0.3 is 19.3 Å². The van der Waals surface area contributed by atoms with E-state index in [1.165, 1.54) is 0 Å². The Kier molecular flexibility index (Phi) is 6.90. The number of benzene rings is 1. The van der Waals surface area contributed by atoms with Gasteiger partial charge >= 0.3 is 0 Å². The molecule has 0 N–H and O–H groups in total. The standard InChI is InChI=1S/C18H26N2O4/c1-3-7-17(21)19-10-12-20(13-11-19)18(22)14-24-16-9-6-5-8-15(16)23-4-2/h5-6,8-9H,3-4,7,10-14H2,1-2H3. The van der Waals surface area contributed by atoms with Gasteiger partial charge in [0.05, 0.1) is 6.61 Å². The molecule has 1 aliphatic rings. The Labute approximate surface area is 143 Å². The average Bonchev–Trinajstić information content (AvgIpc) is 2.61. The fraction of sp³-hybridized carbons (Fsp3) is 0.556. The Hall–Kier alpha value is -2.24. The van der Waals surface area contributed by atoms with E-state index in [9.17, 15) is 9.59 Å². The highest BCUT2D eigenvalue weighted by Crippen LogP contribution is 2.26. The van der Waals surface area contributed by atoms with E-state index in [0.717, 1.165) is 6.42 Å². The van der Waals surface area contributed by atoms with Gasteiger partial charge in [-0.1, -0.05) is 19.1 Å². The Morgan fingerprint density at radius 3 is 2.00 bits per heavy atom. The van der Waals surface area contributed by atoms with Crippen LogP contribution in [0, 0.1) is 0 Å². The van der Waals surface area contributed by atoms with Crippen molar-refractivity contribution in [2.45, 2.75) is 26.7 Å². The minimum atomic E-state index is -0.0658. The highest BCUT2D eigenvalue weighted by molar-refractivity contribution is 5.79. The molecule has 0 spiro atoms. The molecular formula is C18H26N2O4. The van der Waals surface area contributed by atoms with Crippen LogP contribution in [0.1, 0.15) is 26.7 Å². The number of nitrogens with zero attached hydrogens (tertiary/aromatic N) is 2. The van der Waals surface area contributed by atoms with E-state index >= 15 is 0 Å². The number of carbonyl (C=O) groups excluding carboxylic acids is 2. The van der Waals surface area contributed by atoms with Gasteiger partial charge in [-0.2, -0.15) is 0 Å². The topological polar surface area (TPSA) is 59.1 Å². The molecule has 0 bridgehead atoms. The molecule has 1 aromatic rings. The van der Waals surface area contributed by atoms with Crippen molar-refractivity contribution in [1.82, 2.24) is 9.80 Å². The summed E-state index contributed by atoms with van der Waals surface area (Å²) < 4.78 is 11.1. The number of amides is 2. The van der Waals surface area contributed by atoms with Crippen molar-refractivity contribution in [2.75, 3.05) is 39.4 Å². The van der Waals surface area contributed by atoms with Crippen LogP contribution in [0.2, 0.25) is 0 Å². The van der Waals surface area contributed by atoms with Gasteiger partial charge in [-0.25, -0.2) is 0 Å². The highest BCUT2D eigenvalue weighted by Gasteiger charge is 2.24.